The highest BCUT2D eigenvalue weighted by atomic mass is 35.5. The minimum atomic E-state index is -0.235. The Labute approximate surface area is 112 Å². The number of halogens is 2. The minimum Gasteiger partial charge on any atom is -0.392 e. The Morgan fingerprint density at radius 1 is 1.24 bits per heavy atom. The quantitative estimate of drug-likeness (QED) is 0.885. The molecule has 0 spiro atoms. The summed E-state index contributed by atoms with van der Waals surface area (Å²) in [5.41, 5.74) is 0.983. The molecule has 2 unspecified atom stereocenters. The first-order valence-corrected chi connectivity index (χ1v) is 6.78. The molecule has 1 fully saturated rings. The number of rotatable bonds is 3. The zero-order chi connectivity index (χ0) is 12.3. The van der Waals surface area contributed by atoms with E-state index in [4.69, 9.17) is 23.2 Å². The molecular weight excluding hydrogens is 257 g/mol. The van der Waals surface area contributed by atoms with Gasteiger partial charge in [-0.2, -0.15) is 0 Å². The van der Waals surface area contributed by atoms with E-state index >= 15 is 0 Å². The van der Waals surface area contributed by atoms with Crippen LogP contribution in [0.4, 0.5) is 0 Å². The molecular formula is C13H17Cl2NO. The van der Waals surface area contributed by atoms with E-state index in [1.807, 2.05) is 12.1 Å². The molecule has 1 aliphatic carbocycles. The Balaban J connectivity index is 1.95. The molecule has 0 heterocycles. The van der Waals surface area contributed by atoms with Crippen LogP contribution in [0.15, 0.2) is 18.2 Å². The monoisotopic (exact) mass is 273 g/mol. The first-order chi connectivity index (χ1) is 8.18. The molecule has 0 amide bonds. The summed E-state index contributed by atoms with van der Waals surface area (Å²) in [5.74, 6) is 0. The van der Waals surface area contributed by atoms with Gasteiger partial charge in [0.25, 0.3) is 0 Å². The summed E-state index contributed by atoms with van der Waals surface area (Å²) >= 11 is 12.1. The Morgan fingerprint density at radius 2 is 2.00 bits per heavy atom. The molecule has 2 nitrogen and oxygen atoms in total. The van der Waals surface area contributed by atoms with Crippen LogP contribution in [0, 0.1) is 0 Å². The third kappa shape index (κ3) is 3.35. The van der Waals surface area contributed by atoms with Crippen LogP contribution in [0.1, 0.15) is 31.2 Å². The first-order valence-electron chi connectivity index (χ1n) is 6.03. The number of hydrogen-bond acceptors (Lipinski definition) is 2. The summed E-state index contributed by atoms with van der Waals surface area (Å²) in [4.78, 5) is 0. The van der Waals surface area contributed by atoms with E-state index in [1.54, 1.807) is 6.07 Å². The van der Waals surface area contributed by atoms with Crippen LogP contribution >= 0.6 is 23.2 Å². The van der Waals surface area contributed by atoms with E-state index in [9.17, 15) is 5.11 Å². The van der Waals surface area contributed by atoms with E-state index in [0.717, 1.165) is 24.8 Å². The SMILES string of the molecule is OC1CCCCC1NCc1cccc(Cl)c1Cl. The van der Waals surface area contributed by atoms with Crippen LogP contribution in [0.2, 0.25) is 10.0 Å². The van der Waals surface area contributed by atoms with Gasteiger partial charge in [-0.25, -0.2) is 0 Å². The van der Waals surface area contributed by atoms with Gasteiger partial charge in [-0.05, 0) is 24.5 Å². The van der Waals surface area contributed by atoms with Gasteiger partial charge in [-0.1, -0.05) is 48.2 Å². The highest BCUT2D eigenvalue weighted by Gasteiger charge is 2.22. The molecule has 2 atom stereocenters. The van der Waals surface area contributed by atoms with E-state index in [-0.39, 0.29) is 12.1 Å². The fraction of sp³-hybridized carbons (Fsp3) is 0.538. The van der Waals surface area contributed by atoms with Crippen LogP contribution in [0.5, 0.6) is 0 Å². The molecule has 94 valence electrons. The smallest absolute Gasteiger partial charge is 0.0693 e. The molecule has 2 N–H and O–H groups in total. The fourth-order valence-electron chi connectivity index (χ4n) is 2.28. The lowest BCUT2D eigenvalue weighted by Gasteiger charge is -2.28. The number of benzene rings is 1. The van der Waals surface area contributed by atoms with Crippen molar-refractivity contribution in [3.05, 3.63) is 33.8 Å². The molecule has 2 rings (SSSR count). The standard InChI is InChI=1S/C13H17Cl2NO/c14-10-5-3-4-9(13(10)15)8-16-11-6-1-2-7-12(11)17/h3-5,11-12,16-17H,1-2,6-8H2. The summed E-state index contributed by atoms with van der Waals surface area (Å²) in [6.45, 7) is 0.654. The van der Waals surface area contributed by atoms with Crippen LogP contribution in [0.3, 0.4) is 0 Å². The summed E-state index contributed by atoms with van der Waals surface area (Å²) in [5, 5.41) is 14.4. The van der Waals surface area contributed by atoms with Crippen LogP contribution in [-0.2, 0) is 6.54 Å². The lowest BCUT2D eigenvalue weighted by Crippen LogP contribution is -2.41. The maximum Gasteiger partial charge on any atom is 0.0693 e. The van der Waals surface area contributed by atoms with Crippen molar-refractivity contribution in [2.45, 2.75) is 44.4 Å². The van der Waals surface area contributed by atoms with Crippen molar-refractivity contribution in [3.63, 3.8) is 0 Å². The van der Waals surface area contributed by atoms with Crippen LogP contribution < -0.4 is 5.32 Å². The van der Waals surface area contributed by atoms with E-state index in [0.29, 0.717) is 16.6 Å². The zero-order valence-corrected chi connectivity index (χ0v) is 11.1. The molecule has 4 heteroatoms. The summed E-state index contributed by atoms with van der Waals surface area (Å²) in [6, 6.07) is 5.81. The molecule has 1 saturated carbocycles. The van der Waals surface area contributed by atoms with Gasteiger partial charge in [0.05, 0.1) is 16.1 Å². The van der Waals surface area contributed by atoms with Gasteiger partial charge in [-0.15, -0.1) is 0 Å². The van der Waals surface area contributed by atoms with Crippen molar-refractivity contribution in [1.29, 1.82) is 0 Å². The van der Waals surface area contributed by atoms with Crippen molar-refractivity contribution in [2.24, 2.45) is 0 Å². The minimum absolute atomic E-state index is 0.179. The van der Waals surface area contributed by atoms with E-state index in [2.05, 4.69) is 5.32 Å². The van der Waals surface area contributed by atoms with Gasteiger partial charge in [0.1, 0.15) is 0 Å². The van der Waals surface area contributed by atoms with Gasteiger partial charge in [0.2, 0.25) is 0 Å². The Bertz CT molecular complexity index is 384. The largest absolute Gasteiger partial charge is 0.392 e. The number of nitrogens with one attached hydrogen (secondary N) is 1. The second kappa shape index (κ2) is 6.05. The molecule has 1 aromatic carbocycles. The summed E-state index contributed by atoms with van der Waals surface area (Å²) in [7, 11) is 0. The Morgan fingerprint density at radius 3 is 2.76 bits per heavy atom. The van der Waals surface area contributed by atoms with Crippen molar-refractivity contribution in [3.8, 4) is 0 Å². The third-order valence-electron chi connectivity index (χ3n) is 3.32. The summed E-state index contributed by atoms with van der Waals surface area (Å²) < 4.78 is 0. The topological polar surface area (TPSA) is 32.3 Å². The van der Waals surface area contributed by atoms with Crippen molar-refractivity contribution in [1.82, 2.24) is 5.32 Å². The Kier molecular flexibility index (Phi) is 4.69. The average Bonchev–Trinajstić information content (AvgIpc) is 2.33. The highest BCUT2D eigenvalue weighted by Crippen LogP contribution is 2.26. The predicted molar refractivity (Wildman–Crippen MR) is 71.6 cm³/mol. The molecule has 1 aliphatic rings. The van der Waals surface area contributed by atoms with Gasteiger partial charge in [-0.3, -0.25) is 0 Å². The summed E-state index contributed by atoms with van der Waals surface area (Å²) in [6.07, 6.45) is 3.98. The van der Waals surface area contributed by atoms with Crippen LogP contribution in [0.25, 0.3) is 0 Å². The lowest BCUT2D eigenvalue weighted by atomic mass is 9.92. The first kappa shape index (κ1) is 13.2. The van der Waals surface area contributed by atoms with Crippen molar-refractivity contribution >= 4 is 23.2 Å². The zero-order valence-electron chi connectivity index (χ0n) is 9.63. The number of aliphatic hydroxyl groups excluding tert-OH is 1. The predicted octanol–water partition coefficient (Wildman–Crippen LogP) is 3.39. The molecule has 0 aromatic heterocycles. The van der Waals surface area contributed by atoms with Gasteiger partial charge >= 0.3 is 0 Å². The van der Waals surface area contributed by atoms with Gasteiger partial charge in [0, 0.05) is 12.6 Å². The van der Waals surface area contributed by atoms with E-state index in [1.165, 1.54) is 6.42 Å². The lowest BCUT2D eigenvalue weighted by molar-refractivity contribution is 0.0902. The Hall–Kier alpha value is -0.280. The van der Waals surface area contributed by atoms with Gasteiger partial charge in [0.15, 0.2) is 0 Å². The molecule has 1 aromatic rings. The fourth-order valence-corrected chi connectivity index (χ4v) is 2.66. The number of aliphatic hydroxyl groups is 1. The van der Waals surface area contributed by atoms with Crippen molar-refractivity contribution < 1.29 is 5.11 Å². The molecule has 0 aliphatic heterocycles. The van der Waals surface area contributed by atoms with Crippen molar-refractivity contribution in [2.75, 3.05) is 0 Å². The number of hydrogen-bond donors (Lipinski definition) is 2. The maximum absolute atomic E-state index is 9.85. The molecule has 0 bridgehead atoms. The molecule has 0 radical (unpaired) electrons. The molecule has 0 saturated heterocycles. The second-order valence-electron chi connectivity index (χ2n) is 4.55. The van der Waals surface area contributed by atoms with Gasteiger partial charge < -0.3 is 10.4 Å². The second-order valence-corrected chi connectivity index (χ2v) is 5.34. The van der Waals surface area contributed by atoms with E-state index < -0.39 is 0 Å². The third-order valence-corrected chi connectivity index (χ3v) is 4.17. The molecule has 17 heavy (non-hydrogen) atoms. The highest BCUT2D eigenvalue weighted by molar-refractivity contribution is 6.42. The average molecular weight is 274 g/mol. The normalized spacial score (nSPS) is 24.9. The maximum atomic E-state index is 9.85. The van der Waals surface area contributed by atoms with Crippen LogP contribution in [-0.4, -0.2) is 17.3 Å².